The Kier molecular flexibility index (Phi) is 4.72. The minimum Gasteiger partial charge on any atom is -0.368 e. The monoisotopic (exact) mass is 388 g/mol. The van der Waals surface area contributed by atoms with Crippen LogP contribution in [0.25, 0.3) is 0 Å². The van der Waals surface area contributed by atoms with E-state index in [-0.39, 0.29) is 30.0 Å². The van der Waals surface area contributed by atoms with Gasteiger partial charge in [-0.15, -0.1) is 0 Å². The van der Waals surface area contributed by atoms with Crippen molar-refractivity contribution in [2.45, 2.75) is 38.1 Å². The van der Waals surface area contributed by atoms with Gasteiger partial charge in [-0.05, 0) is 44.2 Å². The maximum atomic E-state index is 13.8. The van der Waals surface area contributed by atoms with Crippen LogP contribution in [0.5, 0.6) is 0 Å². The number of piperazine rings is 1. The van der Waals surface area contributed by atoms with Gasteiger partial charge in [-0.2, -0.15) is 0 Å². The molecule has 2 saturated heterocycles. The van der Waals surface area contributed by atoms with Crippen LogP contribution in [0.1, 0.15) is 31.2 Å². The van der Waals surface area contributed by atoms with Crippen molar-refractivity contribution in [3.63, 3.8) is 0 Å². The van der Waals surface area contributed by atoms with Gasteiger partial charge in [0.15, 0.2) is 0 Å². The van der Waals surface area contributed by atoms with E-state index in [4.69, 9.17) is 0 Å². The first-order valence-electron chi connectivity index (χ1n) is 9.82. The number of carbonyl (C=O) groups is 3. The molecule has 1 aromatic rings. The molecular formula is C20H25FN4O3. The summed E-state index contributed by atoms with van der Waals surface area (Å²) < 4.78 is 13.8. The van der Waals surface area contributed by atoms with Crippen LogP contribution in [0.15, 0.2) is 18.2 Å². The molecule has 0 radical (unpaired) electrons. The Morgan fingerprint density at radius 1 is 1.21 bits per heavy atom. The molecule has 2 heterocycles. The van der Waals surface area contributed by atoms with Crippen LogP contribution in [-0.2, 0) is 9.59 Å². The molecule has 1 aromatic carbocycles. The van der Waals surface area contributed by atoms with Gasteiger partial charge in [-0.3, -0.25) is 14.9 Å². The minimum atomic E-state index is -0.923. The number of nitrogens with one attached hydrogen (secondary N) is 2. The predicted molar refractivity (Wildman–Crippen MR) is 101 cm³/mol. The fraction of sp³-hybridized carbons (Fsp3) is 0.550. The summed E-state index contributed by atoms with van der Waals surface area (Å²) >= 11 is 0. The third-order valence-corrected chi connectivity index (χ3v) is 6.19. The summed E-state index contributed by atoms with van der Waals surface area (Å²) in [6.45, 7) is 4.16. The zero-order valence-corrected chi connectivity index (χ0v) is 16.0. The number of nitrogens with zero attached hydrogens (tertiary/aromatic N) is 2. The Hall–Kier alpha value is -2.64. The normalized spacial score (nSPS) is 24.9. The van der Waals surface area contributed by atoms with E-state index in [0.717, 1.165) is 18.5 Å². The number of carbonyl (C=O) groups excluding carboxylic acids is 3. The number of hydrogen-bond donors (Lipinski definition) is 2. The third-order valence-electron chi connectivity index (χ3n) is 6.19. The van der Waals surface area contributed by atoms with Gasteiger partial charge >= 0.3 is 6.03 Å². The Balaban J connectivity index is 1.34. The van der Waals surface area contributed by atoms with E-state index in [1.165, 1.54) is 6.07 Å². The van der Waals surface area contributed by atoms with E-state index in [1.54, 1.807) is 17.9 Å². The molecular weight excluding hydrogens is 363 g/mol. The zero-order chi connectivity index (χ0) is 19.9. The van der Waals surface area contributed by atoms with Gasteiger partial charge in [0, 0.05) is 43.9 Å². The fourth-order valence-electron chi connectivity index (χ4n) is 4.35. The summed E-state index contributed by atoms with van der Waals surface area (Å²) in [6, 6.07) is 4.58. The van der Waals surface area contributed by atoms with E-state index in [2.05, 4.69) is 15.5 Å². The Morgan fingerprint density at radius 2 is 1.93 bits per heavy atom. The van der Waals surface area contributed by atoms with Crippen LogP contribution in [0.3, 0.4) is 0 Å². The van der Waals surface area contributed by atoms with Gasteiger partial charge in [-0.1, -0.05) is 6.07 Å². The molecule has 150 valence electrons. The second kappa shape index (κ2) is 7.07. The molecule has 0 aromatic heterocycles. The van der Waals surface area contributed by atoms with Crippen molar-refractivity contribution in [3.8, 4) is 0 Å². The first-order valence-corrected chi connectivity index (χ1v) is 9.82. The number of amides is 4. The lowest BCUT2D eigenvalue weighted by molar-refractivity contribution is -0.132. The van der Waals surface area contributed by atoms with E-state index in [1.807, 2.05) is 6.07 Å². The number of hydrogen-bond acceptors (Lipinski definition) is 4. The lowest BCUT2D eigenvalue weighted by Crippen LogP contribution is -2.52. The summed E-state index contributed by atoms with van der Waals surface area (Å²) in [5.74, 6) is -0.415. The maximum Gasteiger partial charge on any atom is 0.322 e. The maximum absolute atomic E-state index is 13.8. The lowest BCUT2D eigenvalue weighted by Gasteiger charge is -2.37. The van der Waals surface area contributed by atoms with Gasteiger partial charge in [0.1, 0.15) is 11.4 Å². The molecule has 3 fully saturated rings. The smallest absolute Gasteiger partial charge is 0.322 e. The van der Waals surface area contributed by atoms with Crippen molar-refractivity contribution in [1.29, 1.82) is 0 Å². The molecule has 1 aliphatic carbocycles. The quantitative estimate of drug-likeness (QED) is 0.750. The summed E-state index contributed by atoms with van der Waals surface area (Å²) in [5.41, 5.74) is 0.564. The zero-order valence-electron chi connectivity index (χ0n) is 16.0. The second-order valence-corrected chi connectivity index (χ2v) is 7.91. The highest BCUT2D eigenvalue weighted by molar-refractivity contribution is 6.07. The van der Waals surface area contributed by atoms with Crippen LogP contribution in [0, 0.1) is 18.7 Å². The van der Waals surface area contributed by atoms with Crippen LogP contribution in [-0.4, -0.2) is 54.5 Å². The van der Waals surface area contributed by atoms with Crippen LogP contribution in [0.2, 0.25) is 0 Å². The van der Waals surface area contributed by atoms with Crippen LogP contribution < -0.4 is 15.5 Å². The highest BCUT2D eigenvalue weighted by atomic mass is 19.1. The summed E-state index contributed by atoms with van der Waals surface area (Å²) in [7, 11) is 0. The van der Waals surface area contributed by atoms with E-state index in [9.17, 15) is 18.8 Å². The molecule has 28 heavy (non-hydrogen) atoms. The van der Waals surface area contributed by atoms with E-state index in [0.29, 0.717) is 38.2 Å². The molecule has 2 N–H and O–H groups in total. The number of imide groups is 1. The summed E-state index contributed by atoms with van der Waals surface area (Å²) in [4.78, 5) is 40.5. The molecule has 7 nitrogen and oxygen atoms in total. The number of urea groups is 1. The predicted octanol–water partition coefficient (Wildman–Crippen LogP) is 1.55. The number of rotatable bonds is 5. The van der Waals surface area contributed by atoms with Crippen molar-refractivity contribution < 1.29 is 18.8 Å². The number of benzene rings is 1. The van der Waals surface area contributed by atoms with Gasteiger partial charge in [0.05, 0.1) is 0 Å². The van der Waals surface area contributed by atoms with Gasteiger partial charge < -0.3 is 15.1 Å². The molecule has 4 rings (SSSR count). The van der Waals surface area contributed by atoms with Gasteiger partial charge in [0.2, 0.25) is 5.91 Å². The van der Waals surface area contributed by atoms with Crippen molar-refractivity contribution in [1.82, 2.24) is 15.5 Å². The first-order chi connectivity index (χ1) is 13.4. The van der Waals surface area contributed by atoms with Gasteiger partial charge in [-0.25, -0.2) is 9.18 Å². The highest BCUT2D eigenvalue weighted by Crippen LogP contribution is 2.43. The lowest BCUT2D eigenvalue weighted by atomic mass is 9.87. The van der Waals surface area contributed by atoms with Crippen molar-refractivity contribution in [2.24, 2.45) is 5.92 Å². The third kappa shape index (κ3) is 3.31. The summed E-state index contributed by atoms with van der Waals surface area (Å²) in [6.07, 6.45) is 2.35. The standard InChI is InChI=1S/C20H25FN4O3/c1-13-15(21)3-2-4-16(13)24-9-11-25(12-10-24)17(26)7-8-20(14-5-6-14)18(27)22-19(28)23-20/h2-4,14H,5-12H2,1H3,(H2,22,23,27,28)/t20-/m1/s1. The van der Waals surface area contributed by atoms with Gasteiger partial charge in [0.25, 0.3) is 5.91 Å². The molecule has 8 heteroatoms. The largest absolute Gasteiger partial charge is 0.368 e. The number of anilines is 1. The van der Waals surface area contributed by atoms with Crippen molar-refractivity contribution in [3.05, 3.63) is 29.6 Å². The summed E-state index contributed by atoms with van der Waals surface area (Å²) in [5, 5.41) is 5.08. The topological polar surface area (TPSA) is 81.8 Å². The van der Waals surface area contributed by atoms with Crippen LogP contribution >= 0.6 is 0 Å². The van der Waals surface area contributed by atoms with E-state index >= 15 is 0 Å². The molecule has 2 aliphatic heterocycles. The van der Waals surface area contributed by atoms with Crippen LogP contribution in [0.4, 0.5) is 14.9 Å². The average Bonchev–Trinajstić information content (AvgIpc) is 3.48. The molecule has 1 atom stereocenters. The highest BCUT2D eigenvalue weighted by Gasteiger charge is 2.55. The molecule has 1 saturated carbocycles. The number of halogens is 1. The second-order valence-electron chi connectivity index (χ2n) is 7.91. The Labute approximate surface area is 163 Å². The first kappa shape index (κ1) is 18.7. The van der Waals surface area contributed by atoms with Crippen molar-refractivity contribution >= 4 is 23.5 Å². The minimum absolute atomic E-state index is 0.00964. The van der Waals surface area contributed by atoms with E-state index < -0.39 is 11.6 Å². The molecule has 4 amide bonds. The molecule has 0 spiro atoms. The van der Waals surface area contributed by atoms with Crippen molar-refractivity contribution in [2.75, 3.05) is 31.1 Å². The average molecular weight is 388 g/mol. The SMILES string of the molecule is Cc1c(F)cccc1N1CCN(C(=O)CC[C@]2(C3CC3)NC(=O)NC2=O)CC1. The fourth-order valence-corrected chi connectivity index (χ4v) is 4.35. The molecule has 3 aliphatic rings. The molecule has 0 unspecified atom stereocenters. The Bertz CT molecular complexity index is 818. The molecule has 0 bridgehead atoms. The Morgan fingerprint density at radius 3 is 2.54 bits per heavy atom.